The lowest BCUT2D eigenvalue weighted by Gasteiger charge is -2.32. The number of aryl methyl sites for hydroxylation is 1. The number of likely N-dealkylation sites (N-methyl/N-ethyl adjacent to an activating group) is 1. The summed E-state index contributed by atoms with van der Waals surface area (Å²) in [5.41, 5.74) is 8.77. The average Bonchev–Trinajstić information content (AvgIpc) is 2.32. The molecule has 2 unspecified atom stereocenters. The first-order chi connectivity index (χ1) is 8.57. The van der Waals surface area contributed by atoms with Gasteiger partial charge in [-0.1, -0.05) is 24.3 Å². The van der Waals surface area contributed by atoms with E-state index in [0.29, 0.717) is 0 Å². The molecule has 0 aliphatic heterocycles. The van der Waals surface area contributed by atoms with Crippen LogP contribution in [0.3, 0.4) is 0 Å². The van der Waals surface area contributed by atoms with E-state index < -0.39 is 0 Å². The van der Waals surface area contributed by atoms with Crippen molar-refractivity contribution in [3.05, 3.63) is 35.4 Å². The molecule has 0 fully saturated rings. The Bertz CT molecular complexity index is 352. The van der Waals surface area contributed by atoms with Gasteiger partial charge in [-0.05, 0) is 38.9 Å². The zero-order valence-corrected chi connectivity index (χ0v) is 12.0. The minimum atomic E-state index is 0.0951. The van der Waals surface area contributed by atoms with Crippen molar-refractivity contribution in [3.8, 4) is 0 Å². The summed E-state index contributed by atoms with van der Waals surface area (Å²) in [4.78, 5) is 2.28. The molecule has 0 aliphatic carbocycles. The normalized spacial score (nSPS) is 14.8. The number of nitrogens with two attached hydrogens (primary N) is 1. The highest BCUT2D eigenvalue weighted by atomic mass is 16.5. The first kappa shape index (κ1) is 15.2. The maximum Gasteiger partial charge on any atom is 0.0593 e. The Labute approximate surface area is 111 Å². The molecule has 0 spiro atoms. The molecule has 3 nitrogen and oxygen atoms in total. The van der Waals surface area contributed by atoms with Crippen LogP contribution in [0.1, 0.15) is 31.0 Å². The molecule has 0 aliphatic rings. The maximum atomic E-state index is 6.16. The molecule has 1 aromatic carbocycles. The van der Waals surface area contributed by atoms with E-state index in [1.165, 1.54) is 11.1 Å². The van der Waals surface area contributed by atoms with E-state index in [4.69, 9.17) is 10.5 Å². The van der Waals surface area contributed by atoms with Gasteiger partial charge in [-0.15, -0.1) is 0 Å². The minimum Gasteiger partial charge on any atom is -0.380 e. The molecule has 0 heterocycles. The summed E-state index contributed by atoms with van der Waals surface area (Å²) in [7, 11) is 2.11. The fourth-order valence-electron chi connectivity index (χ4n) is 2.33. The van der Waals surface area contributed by atoms with Crippen molar-refractivity contribution in [3.63, 3.8) is 0 Å². The van der Waals surface area contributed by atoms with Gasteiger partial charge in [0.2, 0.25) is 0 Å². The predicted octanol–water partition coefficient (Wildman–Crippen LogP) is 2.35. The van der Waals surface area contributed by atoms with E-state index >= 15 is 0 Å². The lowest BCUT2D eigenvalue weighted by atomic mass is 9.95. The van der Waals surface area contributed by atoms with E-state index in [9.17, 15) is 0 Å². The van der Waals surface area contributed by atoms with Gasteiger partial charge in [0.25, 0.3) is 0 Å². The summed E-state index contributed by atoms with van der Waals surface area (Å²) in [6.45, 7) is 8.64. The number of hydrogen-bond acceptors (Lipinski definition) is 3. The van der Waals surface area contributed by atoms with E-state index in [2.05, 4.69) is 50.1 Å². The van der Waals surface area contributed by atoms with E-state index in [0.717, 1.165) is 19.8 Å². The van der Waals surface area contributed by atoms with Crippen LogP contribution in [-0.2, 0) is 4.74 Å². The fourth-order valence-corrected chi connectivity index (χ4v) is 2.33. The molecule has 18 heavy (non-hydrogen) atoms. The number of benzene rings is 1. The Morgan fingerprint density at radius 1 is 1.33 bits per heavy atom. The quantitative estimate of drug-likeness (QED) is 0.755. The zero-order valence-electron chi connectivity index (χ0n) is 12.0. The molecule has 0 aromatic heterocycles. The highest BCUT2D eigenvalue weighted by Crippen LogP contribution is 2.24. The van der Waals surface area contributed by atoms with Crippen LogP contribution in [0.4, 0.5) is 0 Å². The molecule has 0 radical (unpaired) electrons. The Hall–Kier alpha value is -0.900. The van der Waals surface area contributed by atoms with Crippen molar-refractivity contribution < 1.29 is 4.74 Å². The second-order valence-corrected chi connectivity index (χ2v) is 4.84. The Balaban J connectivity index is 2.79. The van der Waals surface area contributed by atoms with Crippen LogP contribution in [0.5, 0.6) is 0 Å². The van der Waals surface area contributed by atoms with Gasteiger partial charge in [-0.3, -0.25) is 4.90 Å². The first-order valence-corrected chi connectivity index (χ1v) is 6.67. The molecule has 1 aromatic rings. The Morgan fingerprint density at radius 3 is 2.56 bits per heavy atom. The van der Waals surface area contributed by atoms with E-state index in [1.54, 1.807) is 0 Å². The van der Waals surface area contributed by atoms with E-state index in [1.807, 2.05) is 6.92 Å². The van der Waals surface area contributed by atoms with Crippen molar-refractivity contribution in [2.45, 2.75) is 32.9 Å². The van der Waals surface area contributed by atoms with Crippen LogP contribution in [0.2, 0.25) is 0 Å². The van der Waals surface area contributed by atoms with Crippen LogP contribution in [0.15, 0.2) is 24.3 Å². The van der Waals surface area contributed by atoms with Gasteiger partial charge in [-0.2, -0.15) is 0 Å². The number of hydrogen-bond donors (Lipinski definition) is 1. The predicted molar refractivity (Wildman–Crippen MR) is 76.7 cm³/mol. The number of rotatable bonds is 7. The van der Waals surface area contributed by atoms with Gasteiger partial charge in [-0.25, -0.2) is 0 Å². The van der Waals surface area contributed by atoms with Crippen LogP contribution in [0, 0.1) is 6.92 Å². The van der Waals surface area contributed by atoms with Crippen molar-refractivity contribution in [1.29, 1.82) is 0 Å². The summed E-state index contributed by atoms with van der Waals surface area (Å²) in [6, 6.07) is 8.79. The Morgan fingerprint density at radius 2 is 2.00 bits per heavy atom. The Kier molecular flexibility index (Phi) is 6.33. The first-order valence-electron chi connectivity index (χ1n) is 6.67. The topological polar surface area (TPSA) is 38.5 Å². The summed E-state index contributed by atoms with van der Waals surface area (Å²) in [5, 5.41) is 0. The smallest absolute Gasteiger partial charge is 0.0593 e. The van der Waals surface area contributed by atoms with Crippen molar-refractivity contribution in [2.75, 3.05) is 26.8 Å². The molecular weight excluding hydrogens is 224 g/mol. The van der Waals surface area contributed by atoms with Crippen molar-refractivity contribution in [1.82, 2.24) is 4.90 Å². The third-order valence-electron chi connectivity index (χ3n) is 3.27. The molecule has 0 amide bonds. The third-order valence-corrected chi connectivity index (χ3v) is 3.27. The van der Waals surface area contributed by atoms with Crippen molar-refractivity contribution in [2.24, 2.45) is 5.73 Å². The molecule has 0 saturated carbocycles. The lowest BCUT2D eigenvalue weighted by molar-refractivity contribution is 0.102. The molecule has 3 heteroatoms. The molecule has 2 N–H and O–H groups in total. The van der Waals surface area contributed by atoms with Gasteiger partial charge in [0.15, 0.2) is 0 Å². The molecule has 2 atom stereocenters. The molecule has 102 valence electrons. The van der Waals surface area contributed by atoms with Gasteiger partial charge in [0, 0.05) is 25.2 Å². The minimum absolute atomic E-state index is 0.0951. The van der Waals surface area contributed by atoms with Crippen LogP contribution >= 0.6 is 0 Å². The number of ether oxygens (including phenoxy) is 1. The number of nitrogens with zero attached hydrogens (tertiary/aromatic N) is 1. The lowest BCUT2D eigenvalue weighted by Crippen LogP contribution is -2.39. The molecule has 0 saturated heterocycles. The maximum absolute atomic E-state index is 6.16. The van der Waals surface area contributed by atoms with Gasteiger partial charge in [0.05, 0.1) is 6.61 Å². The van der Waals surface area contributed by atoms with Crippen LogP contribution in [-0.4, -0.2) is 37.7 Å². The highest BCUT2D eigenvalue weighted by Gasteiger charge is 2.22. The van der Waals surface area contributed by atoms with Crippen molar-refractivity contribution >= 4 is 0 Å². The molecule has 1 rings (SSSR count). The zero-order chi connectivity index (χ0) is 13.5. The average molecular weight is 250 g/mol. The van der Waals surface area contributed by atoms with Crippen LogP contribution < -0.4 is 5.73 Å². The summed E-state index contributed by atoms with van der Waals surface area (Å²) in [6.07, 6.45) is 0. The fraction of sp³-hybridized carbons (Fsp3) is 0.600. The summed E-state index contributed by atoms with van der Waals surface area (Å²) < 4.78 is 5.42. The van der Waals surface area contributed by atoms with E-state index in [-0.39, 0.29) is 12.1 Å². The highest BCUT2D eigenvalue weighted by molar-refractivity contribution is 5.29. The largest absolute Gasteiger partial charge is 0.380 e. The standard InChI is InChI=1S/C15H26N2O/c1-5-18-11-10-17(4)15(13(3)16)14-9-7-6-8-12(14)2/h6-9,13,15H,5,10-11,16H2,1-4H3. The monoisotopic (exact) mass is 250 g/mol. The molecule has 0 bridgehead atoms. The second-order valence-electron chi connectivity index (χ2n) is 4.84. The summed E-state index contributed by atoms with van der Waals surface area (Å²) in [5.74, 6) is 0. The van der Waals surface area contributed by atoms with Gasteiger partial charge >= 0.3 is 0 Å². The summed E-state index contributed by atoms with van der Waals surface area (Å²) >= 11 is 0. The second kappa shape index (κ2) is 7.52. The van der Waals surface area contributed by atoms with Gasteiger partial charge < -0.3 is 10.5 Å². The molecular formula is C15H26N2O. The SMILES string of the molecule is CCOCCN(C)C(c1ccccc1C)C(C)N. The third kappa shape index (κ3) is 4.09. The van der Waals surface area contributed by atoms with Gasteiger partial charge in [0.1, 0.15) is 0 Å². The van der Waals surface area contributed by atoms with Crippen LogP contribution in [0.25, 0.3) is 0 Å².